The molecule has 1 amide bonds. The summed E-state index contributed by atoms with van der Waals surface area (Å²) in [6.45, 7) is 7.94. The first kappa shape index (κ1) is 17.7. The molecule has 0 aliphatic carbocycles. The van der Waals surface area contributed by atoms with Gasteiger partial charge in [0.2, 0.25) is 11.1 Å². The molecule has 2 heterocycles. The van der Waals surface area contributed by atoms with Gasteiger partial charge in [-0.2, -0.15) is 0 Å². The van der Waals surface area contributed by atoms with Crippen molar-refractivity contribution in [3.05, 3.63) is 46.3 Å². The Bertz CT molecular complexity index is 863. The summed E-state index contributed by atoms with van der Waals surface area (Å²) in [7, 11) is 0. The van der Waals surface area contributed by atoms with Crippen LogP contribution in [-0.4, -0.2) is 26.3 Å². The monoisotopic (exact) mass is 372 g/mol. The minimum Gasteiger partial charge on any atom is -0.325 e. The number of aryl methyl sites for hydroxylation is 3. The van der Waals surface area contributed by atoms with E-state index in [-0.39, 0.29) is 11.2 Å². The van der Waals surface area contributed by atoms with Crippen LogP contribution in [0.3, 0.4) is 0 Å². The van der Waals surface area contributed by atoms with E-state index in [9.17, 15) is 4.79 Å². The summed E-state index contributed by atoms with van der Waals surface area (Å²) in [5.74, 6) is 0.679. The summed E-state index contributed by atoms with van der Waals surface area (Å²) in [5.41, 5.74) is 4.22. The number of hydrogen-bond donors (Lipinski definition) is 2. The van der Waals surface area contributed by atoms with Crippen molar-refractivity contribution in [3.8, 4) is 10.7 Å². The standard InChI is InChI=1S/C18H20N4OS2/c1-10-8-11(2)15(12(3)9-10)19-17(23)13(4)25-18-20-16(21-22-18)14-6-5-7-24-14/h5-9,13H,1-4H3,(H,19,23)(H,20,21,22)/t13-/m1/s1. The second-order valence-corrected chi connectivity index (χ2v) is 8.22. The van der Waals surface area contributed by atoms with Crippen LogP contribution in [0.1, 0.15) is 23.6 Å². The quantitative estimate of drug-likeness (QED) is 0.643. The summed E-state index contributed by atoms with van der Waals surface area (Å²) in [5, 5.41) is 12.4. The molecule has 0 radical (unpaired) electrons. The van der Waals surface area contributed by atoms with Gasteiger partial charge in [-0.15, -0.1) is 16.4 Å². The molecule has 2 N–H and O–H groups in total. The van der Waals surface area contributed by atoms with Gasteiger partial charge in [-0.3, -0.25) is 9.89 Å². The highest BCUT2D eigenvalue weighted by Gasteiger charge is 2.19. The third-order valence-electron chi connectivity index (χ3n) is 3.80. The Morgan fingerprint density at radius 2 is 2.00 bits per heavy atom. The van der Waals surface area contributed by atoms with Crippen LogP contribution in [0.2, 0.25) is 0 Å². The lowest BCUT2D eigenvalue weighted by Gasteiger charge is -2.15. The van der Waals surface area contributed by atoms with Gasteiger partial charge in [0, 0.05) is 5.69 Å². The van der Waals surface area contributed by atoms with Gasteiger partial charge in [-0.05, 0) is 50.3 Å². The molecule has 1 aromatic carbocycles. The van der Waals surface area contributed by atoms with Gasteiger partial charge in [0.05, 0.1) is 10.1 Å². The number of nitrogens with zero attached hydrogens (tertiary/aromatic N) is 2. The molecule has 0 unspecified atom stereocenters. The van der Waals surface area contributed by atoms with E-state index in [0.29, 0.717) is 5.16 Å². The van der Waals surface area contributed by atoms with E-state index in [1.54, 1.807) is 11.3 Å². The van der Waals surface area contributed by atoms with Gasteiger partial charge in [0.25, 0.3) is 0 Å². The Hall–Kier alpha value is -2.12. The number of carbonyl (C=O) groups excluding carboxylic acids is 1. The smallest absolute Gasteiger partial charge is 0.237 e. The number of benzene rings is 1. The van der Waals surface area contributed by atoms with Crippen molar-refractivity contribution in [1.82, 2.24) is 15.2 Å². The minimum absolute atomic E-state index is 0.0532. The van der Waals surface area contributed by atoms with Crippen LogP contribution in [0.25, 0.3) is 10.7 Å². The molecular weight excluding hydrogens is 352 g/mol. The number of thiophene rings is 1. The summed E-state index contributed by atoms with van der Waals surface area (Å²) in [4.78, 5) is 18.0. The fraction of sp³-hybridized carbons (Fsp3) is 0.278. The highest BCUT2D eigenvalue weighted by atomic mass is 32.2. The maximum absolute atomic E-state index is 12.5. The largest absolute Gasteiger partial charge is 0.325 e. The normalized spacial score (nSPS) is 12.2. The second kappa shape index (κ2) is 7.41. The predicted octanol–water partition coefficient (Wildman–Crippen LogP) is 4.58. The van der Waals surface area contributed by atoms with Crippen molar-refractivity contribution in [2.24, 2.45) is 0 Å². The molecule has 25 heavy (non-hydrogen) atoms. The number of nitrogens with one attached hydrogen (secondary N) is 2. The van der Waals surface area contributed by atoms with E-state index in [1.807, 2.05) is 38.3 Å². The number of anilines is 1. The highest BCUT2D eigenvalue weighted by Crippen LogP contribution is 2.27. The number of amides is 1. The molecule has 2 aromatic heterocycles. The molecule has 5 nitrogen and oxygen atoms in total. The molecule has 7 heteroatoms. The number of carbonyl (C=O) groups is 1. The van der Waals surface area contributed by atoms with E-state index in [1.165, 1.54) is 17.3 Å². The lowest BCUT2D eigenvalue weighted by atomic mass is 10.1. The second-order valence-electron chi connectivity index (χ2n) is 5.97. The zero-order valence-corrected chi connectivity index (χ0v) is 16.2. The number of aromatic amines is 1. The van der Waals surface area contributed by atoms with Gasteiger partial charge in [-0.1, -0.05) is 35.5 Å². The third kappa shape index (κ3) is 4.11. The zero-order valence-electron chi connectivity index (χ0n) is 14.6. The lowest BCUT2D eigenvalue weighted by Crippen LogP contribution is -2.23. The third-order valence-corrected chi connectivity index (χ3v) is 5.63. The summed E-state index contributed by atoms with van der Waals surface area (Å²) in [6, 6.07) is 8.10. The molecule has 0 aliphatic heterocycles. The van der Waals surface area contributed by atoms with E-state index >= 15 is 0 Å². The molecular formula is C18H20N4OS2. The van der Waals surface area contributed by atoms with Crippen molar-refractivity contribution in [1.29, 1.82) is 0 Å². The van der Waals surface area contributed by atoms with Crippen LogP contribution in [0.4, 0.5) is 5.69 Å². The molecule has 0 fully saturated rings. The van der Waals surface area contributed by atoms with Crippen LogP contribution in [0.5, 0.6) is 0 Å². The first-order valence-electron chi connectivity index (χ1n) is 7.95. The Kier molecular flexibility index (Phi) is 5.24. The zero-order chi connectivity index (χ0) is 18.0. The van der Waals surface area contributed by atoms with Crippen molar-refractivity contribution in [2.75, 3.05) is 5.32 Å². The SMILES string of the molecule is Cc1cc(C)c(NC(=O)[C@@H](C)Sc2n[nH]c(-c3cccs3)n2)c(C)c1. The van der Waals surface area contributed by atoms with Crippen LogP contribution >= 0.6 is 23.1 Å². The average Bonchev–Trinajstić information content (AvgIpc) is 3.21. The first-order valence-corrected chi connectivity index (χ1v) is 9.71. The Morgan fingerprint density at radius 1 is 1.28 bits per heavy atom. The van der Waals surface area contributed by atoms with Crippen LogP contribution in [0, 0.1) is 20.8 Å². The predicted molar refractivity (Wildman–Crippen MR) is 104 cm³/mol. The summed E-state index contributed by atoms with van der Waals surface area (Å²) >= 11 is 2.94. The molecule has 0 saturated carbocycles. The van der Waals surface area contributed by atoms with Crippen molar-refractivity contribution >= 4 is 34.7 Å². The fourth-order valence-corrected chi connectivity index (χ4v) is 4.02. The van der Waals surface area contributed by atoms with Crippen molar-refractivity contribution < 1.29 is 4.79 Å². The van der Waals surface area contributed by atoms with Gasteiger partial charge in [0.1, 0.15) is 0 Å². The molecule has 1 atom stereocenters. The number of H-pyrrole nitrogens is 1. The molecule has 3 aromatic rings. The molecule has 3 rings (SSSR count). The topological polar surface area (TPSA) is 70.7 Å². The van der Waals surface area contributed by atoms with E-state index in [0.717, 1.165) is 27.5 Å². The van der Waals surface area contributed by atoms with Crippen molar-refractivity contribution in [2.45, 2.75) is 38.1 Å². The van der Waals surface area contributed by atoms with Gasteiger partial charge in [0.15, 0.2) is 5.82 Å². The maximum atomic E-state index is 12.5. The van der Waals surface area contributed by atoms with E-state index in [2.05, 4.69) is 39.6 Å². The highest BCUT2D eigenvalue weighted by molar-refractivity contribution is 8.00. The maximum Gasteiger partial charge on any atom is 0.237 e. The summed E-state index contributed by atoms with van der Waals surface area (Å²) in [6.07, 6.45) is 0. The van der Waals surface area contributed by atoms with Gasteiger partial charge in [-0.25, -0.2) is 4.98 Å². The Morgan fingerprint density at radius 3 is 2.64 bits per heavy atom. The number of rotatable bonds is 5. The number of aromatic nitrogens is 3. The number of hydrogen-bond acceptors (Lipinski definition) is 5. The first-order chi connectivity index (χ1) is 11.9. The lowest BCUT2D eigenvalue weighted by molar-refractivity contribution is -0.115. The molecule has 130 valence electrons. The van der Waals surface area contributed by atoms with E-state index < -0.39 is 0 Å². The van der Waals surface area contributed by atoms with Gasteiger partial charge >= 0.3 is 0 Å². The molecule has 0 bridgehead atoms. The minimum atomic E-state index is -0.299. The fourth-order valence-electron chi connectivity index (χ4n) is 2.64. The van der Waals surface area contributed by atoms with Gasteiger partial charge < -0.3 is 5.32 Å². The Labute approximate surface area is 155 Å². The number of thioether (sulfide) groups is 1. The van der Waals surface area contributed by atoms with Crippen LogP contribution in [-0.2, 0) is 4.79 Å². The van der Waals surface area contributed by atoms with Crippen LogP contribution in [0.15, 0.2) is 34.8 Å². The van der Waals surface area contributed by atoms with E-state index in [4.69, 9.17) is 0 Å². The molecule has 0 spiro atoms. The summed E-state index contributed by atoms with van der Waals surface area (Å²) < 4.78 is 0. The molecule has 0 aliphatic rings. The van der Waals surface area contributed by atoms with Crippen LogP contribution < -0.4 is 5.32 Å². The molecule has 0 saturated heterocycles. The van der Waals surface area contributed by atoms with Crippen molar-refractivity contribution in [3.63, 3.8) is 0 Å². The average molecular weight is 373 g/mol. The Balaban J connectivity index is 1.67.